The maximum absolute atomic E-state index is 6.23. The topological polar surface area (TPSA) is 86.5 Å². The van der Waals surface area contributed by atoms with E-state index in [1.807, 2.05) is 43.3 Å². The second-order valence-corrected chi connectivity index (χ2v) is 5.19. The van der Waals surface area contributed by atoms with Crippen molar-refractivity contribution >= 4 is 17.2 Å². The number of benzene rings is 1. The highest BCUT2D eigenvalue weighted by molar-refractivity contribution is 6.04. The van der Waals surface area contributed by atoms with Crippen LogP contribution in [0.25, 0.3) is 5.70 Å². The fourth-order valence-corrected chi connectivity index (χ4v) is 2.28. The van der Waals surface area contributed by atoms with Crippen LogP contribution in [0.5, 0.6) is 0 Å². The van der Waals surface area contributed by atoms with Crippen LogP contribution in [0, 0.1) is 0 Å². The molecule has 2 aromatic rings. The molecule has 2 heterocycles. The normalized spacial score (nSPS) is 15.4. The summed E-state index contributed by atoms with van der Waals surface area (Å²) in [5.74, 6) is 0.403. The lowest BCUT2D eigenvalue weighted by Crippen LogP contribution is -2.17. The largest absolute Gasteiger partial charge is 0.398 e. The minimum atomic E-state index is 0.403. The molecule has 1 aromatic heterocycles. The summed E-state index contributed by atoms with van der Waals surface area (Å²) in [7, 11) is 0. The van der Waals surface area contributed by atoms with E-state index < -0.39 is 0 Å². The fraction of sp³-hybridized carbons (Fsp3) is 0.176. The number of nitrogens with two attached hydrogens (primary N) is 2. The monoisotopic (exact) mass is 294 g/mol. The summed E-state index contributed by atoms with van der Waals surface area (Å²) in [5.41, 5.74) is 17.3. The second-order valence-electron chi connectivity index (χ2n) is 5.19. The molecule has 0 bridgehead atoms. The van der Waals surface area contributed by atoms with E-state index in [4.69, 9.17) is 16.2 Å². The molecule has 0 fully saturated rings. The van der Waals surface area contributed by atoms with Crippen LogP contribution >= 0.6 is 0 Å². The van der Waals surface area contributed by atoms with Crippen molar-refractivity contribution in [2.75, 3.05) is 0 Å². The van der Waals surface area contributed by atoms with Gasteiger partial charge in [0.1, 0.15) is 5.84 Å². The molecule has 112 valence electrons. The van der Waals surface area contributed by atoms with Gasteiger partial charge < -0.3 is 16.2 Å². The highest BCUT2D eigenvalue weighted by Gasteiger charge is 2.14. The highest BCUT2D eigenvalue weighted by Crippen LogP contribution is 2.22. The van der Waals surface area contributed by atoms with Gasteiger partial charge >= 0.3 is 0 Å². The molecule has 5 nitrogen and oxygen atoms in total. The van der Waals surface area contributed by atoms with E-state index in [1.54, 1.807) is 6.20 Å². The van der Waals surface area contributed by atoms with Gasteiger partial charge in [0.15, 0.2) is 0 Å². The van der Waals surface area contributed by atoms with E-state index in [0.29, 0.717) is 24.7 Å². The maximum atomic E-state index is 6.23. The number of ether oxygens (including phenoxy) is 1. The number of pyridine rings is 1. The predicted octanol–water partition coefficient (Wildman–Crippen LogP) is 2.49. The number of aliphatic imine (C=N–C) groups is 1. The number of hydrogen-bond donors (Lipinski definition) is 2. The van der Waals surface area contributed by atoms with E-state index in [0.717, 1.165) is 28.1 Å². The van der Waals surface area contributed by atoms with Crippen LogP contribution in [0.4, 0.5) is 5.69 Å². The lowest BCUT2D eigenvalue weighted by Gasteiger charge is -2.09. The van der Waals surface area contributed by atoms with Crippen molar-refractivity contribution in [3.63, 3.8) is 0 Å². The van der Waals surface area contributed by atoms with Gasteiger partial charge in [0.05, 0.1) is 24.6 Å². The third kappa shape index (κ3) is 2.84. The number of hydrogen-bond acceptors (Lipinski definition) is 4. The van der Waals surface area contributed by atoms with Gasteiger partial charge in [-0.3, -0.25) is 4.98 Å². The zero-order valence-corrected chi connectivity index (χ0v) is 12.4. The molecule has 0 radical (unpaired) electrons. The molecular weight excluding hydrogens is 276 g/mol. The van der Waals surface area contributed by atoms with Gasteiger partial charge in [-0.15, -0.1) is 0 Å². The lowest BCUT2D eigenvalue weighted by molar-refractivity contribution is 0.133. The molecule has 1 aromatic carbocycles. The van der Waals surface area contributed by atoms with Crippen molar-refractivity contribution in [1.82, 2.24) is 4.98 Å². The summed E-state index contributed by atoms with van der Waals surface area (Å²) in [4.78, 5) is 8.78. The Hall–Kier alpha value is -2.66. The van der Waals surface area contributed by atoms with Crippen molar-refractivity contribution in [3.05, 3.63) is 65.0 Å². The standard InChI is InChI=1S/C17H18N4O/c1-11(17(19)21-14-5-3-2-4-6-14)16(18)12-7-13-9-22-10-15(13)20-8-12/h2-8H,9-10,18H2,1H3,(H2,19,21)/b16-11-. The van der Waals surface area contributed by atoms with Crippen LogP contribution in [0.1, 0.15) is 23.7 Å². The first-order valence-corrected chi connectivity index (χ1v) is 7.07. The molecule has 0 aliphatic carbocycles. The Balaban J connectivity index is 1.93. The summed E-state index contributed by atoms with van der Waals surface area (Å²) in [5, 5.41) is 0. The van der Waals surface area contributed by atoms with Gasteiger partial charge in [-0.25, -0.2) is 4.99 Å². The van der Waals surface area contributed by atoms with E-state index in [9.17, 15) is 0 Å². The van der Waals surface area contributed by atoms with E-state index in [1.165, 1.54) is 0 Å². The Kier molecular flexibility index (Phi) is 3.89. The molecule has 0 saturated heterocycles. The molecule has 1 aliphatic heterocycles. The number of aromatic nitrogens is 1. The Morgan fingerprint density at radius 3 is 2.73 bits per heavy atom. The molecule has 0 spiro atoms. The number of para-hydroxylation sites is 1. The SMILES string of the molecule is C/C(C(N)=Nc1ccccc1)=C(/N)c1cnc2c(c1)COC2. The molecule has 5 heteroatoms. The second kappa shape index (κ2) is 5.99. The number of nitrogens with zero attached hydrogens (tertiary/aromatic N) is 2. The smallest absolute Gasteiger partial charge is 0.129 e. The van der Waals surface area contributed by atoms with Crippen LogP contribution in [0.3, 0.4) is 0 Å². The van der Waals surface area contributed by atoms with Crippen molar-refractivity contribution in [2.24, 2.45) is 16.5 Å². The Morgan fingerprint density at radius 1 is 1.18 bits per heavy atom. The fourth-order valence-electron chi connectivity index (χ4n) is 2.28. The predicted molar refractivity (Wildman–Crippen MR) is 87.2 cm³/mol. The van der Waals surface area contributed by atoms with Crippen molar-refractivity contribution in [2.45, 2.75) is 20.1 Å². The molecule has 3 rings (SSSR count). The van der Waals surface area contributed by atoms with Crippen molar-refractivity contribution < 1.29 is 4.74 Å². The third-order valence-electron chi connectivity index (χ3n) is 3.66. The zero-order valence-electron chi connectivity index (χ0n) is 12.4. The average Bonchev–Trinajstić information content (AvgIpc) is 3.02. The Labute approximate surface area is 129 Å². The van der Waals surface area contributed by atoms with Crippen LogP contribution in [0.2, 0.25) is 0 Å². The van der Waals surface area contributed by atoms with E-state index >= 15 is 0 Å². The minimum absolute atomic E-state index is 0.403. The molecule has 0 saturated carbocycles. The first kappa shape index (κ1) is 14.3. The number of amidine groups is 1. The first-order valence-electron chi connectivity index (χ1n) is 7.07. The zero-order chi connectivity index (χ0) is 15.5. The third-order valence-corrected chi connectivity index (χ3v) is 3.66. The molecule has 0 unspecified atom stereocenters. The molecule has 1 aliphatic rings. The van der Waals surface area contributed by atoms with Crippen molar-refractivity contribution in [3.8, 4) is 0 Å². The molecule has 0 amide bonds. The minimum Gasteiger partial charge on any atom is -0.398 e. The van der Waals surface area contributed by atoms with E-state index in [2.05, 4.69) is 9.98 Å². The summed E-state index contributed by atoms with van der Waals surface area (Å²) in [6.07, 6.45) is 1.75. The van der Waals surface area contributed by atoms with Gasteiger partial charge in [-0.1, -0.05) is 18.2 Å². The van der Waals surface area contributed by atoms with Crippen LogP contribution in [-0.2, 0) is 18.0 Å². The highest BCUT2D eigenvalue weighted by atomic mass is 16.5. The van der Waals surface area contributed by atoms with Crippen LogP contribution < -0.4 is 11.5 Å². The van der Waals surface area contributed by atoms with Gasteiger partial charge in [-0.2, -0.15) is 0 Å². The summed E-state index contributed by atoms with van der Waals surface area (Å²) in [6, 6.07) is 11.6. The van der Waals surface area contributed by atoms with Gasteiger partial charge in [0.25, 0.3) is 0 Å². The van der Waals surface area contributed by atoms with Crippen LogP contribution in [-0.4, -0.2) is 10.8 Å². The number of rotatable bonds is 3. The van der Waals surface area contributed by atoms with Gasteiger partial charge in [0, 0.05) is 28.6 Å². The maximum Gasteiger partial charge on any atom is 0.129 e. The lowest BCUT2D eigenvalue weighted by atomic mass is 10.1. The quantitative estimate of drug-likeness (QED) is 0.672. The summed E-state index contributed by atoms with van der Waals surface area (Å²) < 4.78 is 5.37. The number of fused-ring (bicyclic) bond motifs is 1. The molecule has 0 atom stereocenters. The summed E-state index contributed by atoms with van der Waals surface area (Å²) in [6.45, 7) is 3.01. The Bertz CT molecular complexity index is 751. The van der Waals surface area contributed by atoms with E-state index in [-0.39, 0.29) is 0 Å². The molecule has 22 heavy (non-hydrogen) atoms. The van der Waals surface area contributed by atoms with Gasteiger partial charge in [-0.05, 0) is 25.1 Å². The Morgan fingerprint density at radius 2 is 1.95 bits per heavy atom. The summed E-state index contributed by atoms with van der Waals surface area (Å²) >= 11 is 0. The average molecular weight is 294 g/mol. The molecular formula is C17H18N4O. The van der Waals surface area contributed by atoms with Gasteiger partial charge in [0.2, 0.25) is 0 Å². The first-order chi connectivity index (χ1) is 10.6. The molecule has 4 N–H and O–H groups in total. The van der Waals surface area contributed by atoms with Crippen LogP contribution in [0.15, 0.2) is 53.2 Å². The van der Waals surface area contributed by atoms with Crippen molar-refractivity contribution in [1.29, 1.82) is 0 Å².